The average molecular weight is 335 g/mol. The van der Waals surface area contributed by atoms with Gasteiger partial charge in [-0.1, -0.05) is 0 Å². The Morgan fingerprint density at radius 1 is 0.920 bits per heavy atom. The normalized spacial score (nSPS) is 18.1. The van der Waals surface area contributed by atoms with Gasteiger partial charge < -0.3 is 14.2 Å². The Kier molecular flexibility index (Phi) is 3.33. The fourth-order valence-electron chi connectivity index (χ4n) is 3.47. The second-order valence-corrected chi connectivity index (χ2v) is 6.88. The number of hydrogen-bond donors (Lipinski definition) is 0. The quantitative estimate of drug-likeness (QED) is 0.730. The zero-order valence-electron chi connectivity index (χ0n) is 14.3. The van der Waals surface area contributed by atoms with E-state index in [1.54, 1.807) is 0 Å². The molecular weight excluding hydrogens is 314 g/mol. The predicted octanol–water partition coefficient (Wildman–Crippen LogP) is 2.03. The zero-order valence-corrected chi connectivity index (χ0v) is 14.3. The highest BCUT2D eigenvalue weighted by Gasteiger charge is 2.28. The van der Waals surface area contributed by atoms with Gasteiger partial charge in [0.1, 0.15) is 11.6 Å². The summed E-state index contributed by atoms with van der Waals surface area (Å²) in [5.74, 6) is 3.65. The van der Waals surface area contributed by atoms with E-state index >= 15 is 0 Å². The molecule has 2 aliphatic rings. The lowest BCUT2D eigenvalue weighted by Gasteiger charge is -2.36. The molecule has 0 spiro atoms. The summed E-state index contributed by atoms with van der Waals surface area (Å²) in [5, 5.41) is 0. The number of anilines is 2. The van der Waals surface area contributed by atoms with Gasteiger partial charge in [-0.3, -0.25) is 0 Å². The highest BCUT2D eigenvalue weighted by molar-refractivity contribution is 5.64. The molecular formula is C18H21N7. The Balaban J connectivity index is 1.35. The lowest BCUT2D eigenvalue weighted by molar-refractivity contribution is 0.638. The molecule has 3 aromatic rings. The number of nitrogens with zero attached hydrogens (tertiary/aromatic N) is 7. The van der Waals surface area contributed by atoms with Gasteiger partial charge in [0, 0.05) is 68.6 Å². The predicted molar refractivity (Wildman–Crippen MR) is 96.2 cm³/mol. The molecule has 0 radical (unpaired) electrons. The number of fused-ring (bicyclic) bond motifs is 1. The zero-order chi connectivity index (χ0) is 16.8. The van der Waals surface area contributed by atoms with Crippen molar-refractivity contribution < 1.29 is 0 Å². The van der Waals surface area contributed by atoms with Crippen molar-refractivity contribution in [1.29, 1.82) is 0 Å². The summed E-state index contributed by atoms with van der Waals surface area (Å²) in [7, 11) is 0. The lowest BCUT2D eigenvalue weighted by atomic mass is 10.3. The van der Waals surface area contributed by atoms with E-state index < -0.39 is 0 Å². The molecule has 1 saturated carbocycles. The van der Waals surface area contributed by atoms with Crippen LogP contribution in [0.4, 0.5) is 11.6 Å². The fraction of sp³-hybridized carbons (Fsp3) is 0.444. The van der Waals surface area contributed by atoms with Crippen LogP contribution in [0.25, 0.3) is 5.65 Å². The molecule has 1 aliphatic carbocycles. The molecule has 5 rings (SSSR count). The van der Waals surface area contributed by atoms with Crippen LogP contribution in [0.2, 0.25) is 0 Å². The van der Waals surface area contributed by atoms with Gasteiger partial charge in [-0.05, 0) is 19.8 Å². The second-order valence-electron chi connectivity index (χ2n) is 6.88. The summed E-state index contributed by atoms with van der Waals surface area (Å²) < 4.78 is 2.02. The van der Waals surface area contributed by atoms with Crippen LogP contribution < -0.4 is 9.80 Å². The molecule has 2 fully saturated rings. The first-order valence-corrected chi connectivity index (χ1v) is 8.91. The summed E-state index contributed by atoms with van der Waals surface area (Å²) >= 11 is 0. The Morgan fingerprint density at radius 3 is 2.40 bits per heavy atom. The van der Waals surface area contributed by atoms with E-state index in [9.17, 15) is 0 Å². The molecule has 7 heteroatoms. The molecule has 128 valence electrons. The van der Waals surface area contributed by atoms with Crippen LogP contribution in [0.1, 0.15) is 30.3 Å². The smallest absolute Gasteiger partial charge is 0.180 e. The van der Waals surface area contributed by atoms with Gasteiger partial charge in [-0.15, -0.1) is 0 Å². The molecule has 0 N–H and O–H groups in total. The molecule has 1 saturated heterocycles. The molecule has 0 aromatic carbocycles. The maximum Gasteiger partial charge on any atom is 0.180 e. The van der Waals surface area contributed by atoms with Crippen LogP contribution in [-0.2, 0) is 0 Å². The highest BCUT2D eigenvalue weighted by atomic mass is 15.3. The Morgan fingerprint density at radius 2 is 1.64 bits per heavy atom. The van der Waals surface area contributed by atoms with Crippen molar-refractivity contribution in [3.05, 3.63) is 42.4 Å². The number of piperazine rings is 1. The van der Waals surface area contributed by atoms with Gasteiger partial charge in [0.25, 0.3) is 0 Å². The minimum atomic E-state index is 0.585. The van der Waals surface area contributed by atoms with Crippen LogP contribution in [0.5, 0.6) is 0 Å². The third-order valence-corrected chi connectivity index (χ3v) is 5.00. The number of hydrogen-bond acceptors (Lipinski definition) is 6. The van der Waals surface area contributed by atoms with E-state index in [2.05, 4.69) is 37.7 Å². The maximum atomic E-state index is 4.82. The Hall–Kier alpha value is -2.70. The molecule has 0 bridgehead atoms. The first-order valence-electron chi connectivity index (χ1n) is 8.91. The Bertz CT molecular complexity index is 907. The minimum Gasteiger partial charge on any atom is -0.353 e. The van der Waals surface area contributed by atoms with Crippen molar-refractivity contribution >= 4 is 17.3 Å². The third kappa shape index (κ3) is 2.69. The van der Waals surface area contributed by atoms with E-state index in [0.29, 0.717) is 5.92 Å². The van der Waals surface area contributed by atoms with E-state index in [-0.39, 0.29) is 0 Å². The number of aromatic nitrogens is 5. The van der Waals surface area contributed by atoms with Crippen molar-refractivity contribution in [2.24, 2.45) is 0 Å². The topological polar surface area (TPSA) is 62.5 Å². The Labute approximate surface area is 146 Å². The van der Waals surface area contributed by atoms with Crippen molar-refractivity contribution in [1.82, 2.24) is 24.3 Å². The fourth-order valence-corrected chi connectivity index (χ4v) is 3.47. The molecule has 0 amide bonds. The molecule has 25 heavy (non-hydrogen) atoms. The van der Waals surface area contributed by atoms with E-state index in [1.807, 2.05) is 29.2 Å². The number of rotatable bonds is 3. The summed E-state index contributed by atoms with van der Waals surface area (Å²) in [4.78, 5) is 23.1. The van der Waals surface area contributed by atoms with Gasteiger partial charge in [0.2, 0.25) is 0 Å². The van der Waals surface area contributed by atoms with Crippen LogP contribution >= 0.6 is 0 Å². The maximum absolute atomic E-state index is 4.82. The minimum absolute atomic E-state index is 0.585. The molecule has 4 heterocycles. The van der Waals surface area contributed by atoms with Gasteiger partial charge in [0.05, 0.1) is 0 Å². The number of aryl methyl sites for hydroxylation is 1. The van der Waals surface area contributed by atoms with Crippen LogP contribution in [0.15, 0.2) is 30.9 Å². The van der Waals surface area contributed by atoms with E-state index in [0.717, 1.165) is 55.0 Å². The second kappa shape index (κ2) is 5.68. The van der Waals surface area contributed by atoms with Gasteiger partial charge in [-0.2, -0.15) is 0 Å². The lowest BCUT2D eigenvalue weighted by Crippen LogP contribution is -2.47. The summed E-state index contributed by atoms with van der Waals surface area (Å²) in [6.07, 6.45) is 10.0. The van der Waals surface area contributed by atoms with Gasteiger partial charge >= 0.3 is 0 Å². The van der Waals surface area contributed by atoms with E-state index in [1.165, 1.54) is 12.8 Å². The molecule has 3 aromatic heterocycles. The first kappa shape index (κ1) is 14.6. The van der Waals surface area contributed by atoms with Gasteiger partial charge in [0.15, 0.2) is 11.5 Å². The van der Waals surface area contributed by atoms with Gasteiger partial charge in [-0.25, -0.2) is 19.9 Å². The van der Waals surface area contributed by atoms with Crippen molar-refractivity contribution in [2.75, 3.05) is 36.0 Å². The average Bonchev–Trinajstić information content (AvgIpc) is 3.38. The molecule has 7 nitrogen and oxygen atoms in total. The third-order valence-electron chi connectivity index (χ3n) is 5.00. The summed E-state index contributed by atoms with van der Waals surface area (Å²) in [6.45, 7) is 5.77. The standard InChI is InChI=1S/C18H21N7/c1-13-12-15(22-16(21-13)14-2-3-14)23-8-10-25(11-9-23)18-17-19-4-6-24(17)7-5-20-18/h4-7,12,14H,2-3,8-11H2,1H3. The van der Waals surface area contributed by atoms with Crippen LogP contribution in [0, 0.1) is 6.92 Å². The summed E-state index contributed by atoms with van der Waals surface area (Å²) in [6, 6.07) is 2.11. The van der Waals surface area contributed by atoms with E-state index in [4.69, 9.17) is 4.98 Å². The number of imidazole rings is 1. The monoisotopic (exact) mass is 335 g/mol. The van der Waals surface area contributed by atoms with Crippen LogP contribution in [0.3, 0.4) is 0 Å². The largest absolute Gasteiger partial charge is 0.353 e. The van der Waals surface area contributed by atoms with Crippen molar-refractivity contribution in [2.45, 2.75) is 25.7 Å². The molecule has 0 unspecified atom stereocenters. The summed E-state index contributed by atoms with van der Waals surface area (Å²) in [5.41, 5.74) is 1.99. The molecule has 1 aliphatic heterocycles. The SMILES string of the molecule is Cc1cc(N2CCN(c3nccn4ccnc34)CC2)nc(C2CC2)n1. The first-order chi connectivity index (χ1) is 12.3. The van der Waals surface area contributed by atoms with Crippen molar-refractivity contribution in [3.63, 3.8) is 0 Å². The molecule has 0 atom stereocenters. The van der Waals surface area contributed by atoms with Crippen molar-refractivity contribution in [3.8, 4) is 0 Å². The van der Waals surface area contributed by atoms with Crippen LogP contribution in [-0.4, -0.2) is 50.5 Å². The highest BCUT2D eigenvalue weighted by Crippen LogP contribution is 2.38.